The fourth-order valence-corrected chi connectivity index (χ4v) is 1.62. The van der Waals surface area contributed by atoms with Crippen molar-refractivity contribution in [3.8, 4) is 0 Å². The molecule has 0 bridgehead atoms. The zero-order valence-electron chi connectivity index (χ0n) is 10.3. The largest absolute Gasteiger partial charge is 0.464 e. The molecular weight excluding hydrogens is 234 g/mol. The van der Waals surface area contributed by atoms with E-state index in [0.29, 0.717) is 11.5 Å². The van der Waals surface area contributed by atoms with Gasteiger partial charge in [0.1, 0.15) is 23.3 Å². The molecule has 2 aromatic rings. The second kappa shape index (κ2) is 5.10. The molecular formula is C13H15NO4. The predicted octanol–water partition coefficient (Wildman–Crippen LogP) is 2.27. The maximum absolute atomic E-state index is 11.3. The monoisotopic (exact) mass is 249 g/mol. The Morgan fingerprint density at radius 1 is 1.28 bits per heavy atom. The average Bonchev–Trinajstić information content (AvgIpc) is 3.05. The van der Waals surface area contributed by atoms with E-state index in [4.69, 9.17) is 14.6 Å². The molecule has 2 aromatic heterocycles. The van der Waals surface area contributed by atoms with Crippen molar-refractivity contribution in [1.29, 1.82) is 0 Å². The number of esters is 1. The number of ether oxygens (including phenoxy) is 1. The molecule has 0 fully saturated rings. The molecule has 2 rings (SSSR count). The van der Waals surface area contributed by atoms with Crippen LogP contribution in [0.5, 0.6) is 0 Å². The molecule has 96 valence electrons. The fraction of sp³-hybridized carbons (Fsp3) is 0.308. The minimum atomic E-state index is -0.526. The first kappa shape index (κ1) is 12.4. The van der Waals surface area contributed by atoms with Gasteiger partial charge >= 0.3 is 5.97 Å². The summed E-state index contributed by atoms with van der Waals surface area (Å²) in [5.74, 6) is 1.54. The third-order valence-electron chi connectivity index (χ3n) is 2.66. The van der Waals surface area contributed by atoms with Gasteiger partial charge in [-0.2, -0.15) is 0 Å². The molecule has 1 atom stereocenters. The highest BCUT2D eigenvalue weighted by atomic mass is 16.5. The van der Waals surface area contributed by atoms with Gasteiger partial charge in [0, 0.05) is 6.42 Å². The van der Waals surface area contributed by atoms with E-state index < -0.39 is 12.0 Å². The van der Waals surface area contributed by atoms with E-state index in [1.807, 2.05) is 19.1 Å². The van der Waals surface area contributed by atoms with Crippen LogP contribution < -0.4 is 5.73 Å². The molecule has 5 nitrogen and oxygen atoms in total. The summed E-state index contributed by atoms with van der Waals surface area (Å²) < 4.78 is 15.4. The van der Waals surface area contributed by atoms with Crippen LogP contribution in [0.15, 0.2) is 33.1 Å². The molecule has 0 aliphatic carbocycles. The van der Waals surface area contributed by atoms with E-state index in [-0.39, 0.29) is 5.76 Å². The first-order valence-corrected chi connectivity index (χ1v) is 5.68. The summed E-state index contributed by atoms with van der Waals surface area (Å²) in [6.07, 6.45) is 0.804. The third kappa shape index (κ3) is 2.31. The molecule has 0 saturated carbocycles. The first-order valence-electron chi connectivity index (χ1n) is 5.68. The fourth-order valence-electron chi connectivity index (χ4n) is 1.62. The molecule has 18 heavy (non-hydrogen) atoms. The van der Waals surface area contributed by atoms with Crippen LogP contribution in [0.3, 0.4) is 0 Å². The van der Waals surface area contributed by atoms with Crippen molar-refractivity contribution in [3.05, 3.63) is 47.3 Å². The smallest absolute Gasteiger partial charge is 0.373 e. The zero-order valence-corrected chi connectivity index (χ0v) is 10.3. The molecule has 2 heterocycles. The summed E-state index contributed by atoms with van der Waals surface area (Å²) >= 11 is 0. The summed E-state index contributed by atoms with van der Waals surface area (Å²) in [7, 11) is 1.30. The molecule has 2 N–H and O–H groups in total. The molecule has 0 radical (unpaired) electrons. The minimum absolute atomic E-state index is 0.130. The summed E-state index contributed by atoms with van der Waals surface area (Å²) in [6, 6.07) is 6.34. The maximum atomic E-state index is 11.3. The molecule has 0 saturated heterocycles. The van der Waals surface area contributed by atoms with Crippen LogP contribution in [0.25, 0.3) is 0 Å². The highest BCUT2D eigenvalue weighted by molar-refractivity contribution is 5.86. The first-order chi connectivity index (χ1) is 8.65. The molecule has 0 aliphatic rings. The van der Waals surface area contributed by atoms with E-state index in [1.54, 1.807) is 6.07 Å². The second-order valence-electron chi connectivity index (χ2n) is 3.83. The lowest BCUT2D eigenvalue weighted by Crippen LogP contribution is -2.10. The Hall–Kier alpha value is -2.01. The Balaban J connectivity index is 2.20. The summed E-state index contributed by atoms with van der Waals surface area (Å²) in [4.78, 5) is 11.3. The minimum Gasteiger partial charge on any atom is -0.464 e. The Labute approximate surface area is 105 Å². The summed E-state index contributed by atoms with van der Waals surface area (Å²) in [5.41, 5.74) is 6.00. The van der Waals surface area contributed by atoms with Gasteiger partial charge in [-0.25, -0.2) is 4.79 Å². The van der Waals surface area contributed by atoms with Crippen molar-refractivity contribution in [2.24, 2.45) is 5.73 Å². The normalized spacial score (nSPS) is 12.4. The van der Waals surface area contributed by atoms with E-state index in [0.717, 1.165) is 12.2 Å². The number of nitrogens with two attached hydrogens (primary N) is 1. The number of hydrogen-bond acceptors (Lipinski definition) is 5. The molecule has 0 amide bonds. The molecule has 0 spiro atoms. The standard InChI is InChI=1S/C13H15NO4/c1-3-8-4-5-9(17-8)12(14)10-6-7-11(18-10)13(15)16-2/h4-7,12H,3,14H2,1-2H3. The topological polar surface area (TPSA) is 78.6 Å². The Morgan fingerprint density at radius 3 is 2.56 bits per heavy atom. The van der Waals surface area contributed by atoms with Crippen LogP contribution in [0.4, 0.5) is 0 Å². The van der Waals surface area contributed by atoms with Crippen molar-refractivity contribution in [3.63, 3.8) is 0 Å². The maximum Gasteiger partial charge on any atom is 0.373 e. The van der Waals surface area contributed by atoms with Gasteiger partial charge < -0.3 is 19.3 Å². The number of carbonyl (C=O) groups is 1. The van der Waals surface area contributed by atoms with Crippen molar-refractivity contribution < 1.29 is 18.4 Å². The second-order valence-corrected chi connectivity index (χ2v) is 3.83. The van der Waals surface area contributed by atoms with E-state index >= 15 is 0 Å². The molecule has 0 aromatic carbocycles. The number of hydrogen-bond donors (Lipinski definition) is 1. The number of rotatable bonds is 4. The van der Waals surface area contributed by atoms with Crippen LogP contribution in [0.1, 0.15) is 40.8 Å². The number of methoxy groups -OCH3 is 1. The zero-order chi connectivity index (χ0) is 13.1. The van der Waals surface area contributed by atoms with Gasteiger partial charge in [0.05, 0.1) is 7.11 Å². The van der Waals surface area contributed by atoms with Crippen LogP contribution in [0, 0.1) is 0 Å². The van der Waals surface area contributed by atoms with Gasteiger partial charge in [0.2, 0.25) is 5.76 Å². The van der Waals surface area contributed by atoms with Crippen LogP contribution in [-0.2, 0) is 11.2 Å². The predicted molar refractivity (Wildman–Crippen MR) is 64.2 cm³/mol. The van der Waals surface area contributed by atoms with Gasteiger partial charge in [-0.05, 0) is 24.3 Å². The lowest BCUT2D eigenvalue weighted by atomic mass is 10.2. The molecule has 0 aliphatic heterocycles. The lowest BCUT2D eigenvalue weighted by molar-refractivity contribution is 0.0562. The highest BCUT2D eigenvalue weighted by Gasteiger charge is 2.19. The van der Waals surface area contributed by atoms with E-state index in [2.05, 4.69) is 4.74 Å². The van der Waals surface area contributed by atoms with Crippen LogP contribution in [0.2, 0.25) is 0 Å². The van der Waals surface area contributed by atoms with Gasteiger partial charge in [0.25, 0.3) is 0 Å². The Kier molecular flexibility index (Phi) is 3.53. The number of carbonyl (C=O) groups excluding carboxylic acids is 1. The van der Waals surface area contributed by atoms with Gasteiger partial charge in [-0.1, -0.05) is 6.92 Å². The lowest BCUT2D eigenvalue weighted by Gasteiger charge is -2.04. The Morgan fingerprint density at radius 2 is 1.94 bits per heavy atom. The number of furan rings is 2. The van der Waals surface area contributed by atoms with Gasteiger partial charge in [-0.15, -0.1) is 0 Å². The molecule has 1 unspecified atom stereocenters. The van der Waals surface area contributed by atoms with Crippen molar-refractivity contribution in [2.75, 3.05) is 7.11 Å². The van der Waals surface area contributed by atoms with Crippen molar-refractivity contribution in [1.82, 2.24) is 0 Å². The quantitative estimate of drug-likeness (QED) is 0.841. The SMILES string of the molecule is CCc1ccc(C(N)c2ccc(C(=O)OC)o2)o1. The third-order valence-corrected chi connectivity index (χ3v) is 2.66. The summed E-state index contributed by atoms with van der Waals surface area (Å²) in [5, 5.41) is 0. The van der Waals surface area contributed by atoms with Crippen molar-refractivity contribution in [2.45, 2.75) is 19.4 Å². The average molecular weight is 249 g/mol. The van der Waals surface area contributed by atoms with Crippen LogP contribution >= 0.6 is 0 Å². The van der Waals surface area contributed by atoms with E-state index in [9.17, 15) is 4.79 Å². The summed E-state index contributed by atoms with van der Waals surface area (Å²) in [6.45, 7) is 2.00. The highest BCUT2D eigenvalue weighted by Crippen LogP contribution is 2.24. The van der Waals surface area contributed by atoms with Gasteiger partial charge in [0.15, 0.2) is 0 Å². The van der Waals surface area contributed by atoms with E-state index in [1.165, 1.54) is 13.2 Å². The van der Waals surface area contributed by atoms with Gasteiger partial charge in [-0.3, -0.25) is 0 Å². The van der Waals surface area contributed by atoms with Crippen molar-refractivity contribution >= 4 is 5.97 Å². The van der Waals surface area contributed by atoms with Crippen LogP contribution in [-0.4, -0.2) is 13.1 Å². The Bertz CT molecular complexity index is 541. The molecule has 5 heteroatoms. The number of aryl methyl sites for hydroxylation is 1.